The number of rotatable bonds is 8. The van der Waals surface area contributed by atoms with Crippen molar-refractivity contribution in [2.45, 2.75) is 30.7 Å². The summed E-state index contributed by atoms with van der Waals surface area (Å²) in [5.41, 5.74) is 1.96. The van der Waals surface area contributed by atoms with Crippen LogP contribution in [0.4, 0.5) is 0 Å². The third-order valence-corrected chi connectivity index (χ3v) is 6.80. The zero-order valence-corrected chi connectivity index (χ0v) is 17.9. The highest BCUT2D eigenvalue weighted by atomic mass is 32.2. The summed E-state index contributed by atoms with van der Waals surface area (Å²) in [5, 5.41) is 2.84. The maximum absolute atomic E-state index is 12.9. The molecule has 2 atom stereocenters. The molecule has 1 aliphatic heterocycles. The zero-order valence-electron chi connectivity index (χ0n) is 17.1. The summed E-state index contributed by atoms with van der Waals surface area (Å²) in [6, 6.07) is 7.12. The number of nitrogens with one attached hydrogen (secondary N) is 1. The van der Waals surface area contributed by atoms with Crippen molar-refractivity contribution in [2.75, 3.05) is 26.5 Å². The van der Waals surface area contributed by atoms with Crippen LogP contribution in [0.25, 0.3) is 0 Å². The van der Waals surface area contributed by atoms with Gasteiger partial charge in [-0.3, -0.25) is 9.59 Å². The molecule has 30 heavy (non-hydrogen) atoms. The van der Waals surface area contributed by atoms with E-state index in [9.17, 15) is 9.59 Å². The number of carbonyl (C=O) groups is 2. The summed E-state index contributed by atoms with van der Waals surface area (Å²) in [7, 11) is 3.20. The Balaban J connectivity index is 1.39. The van der Waals surface area contributed by atoms with Gasteiger partial charge in [0.25, 0.3) is 0 Å². The summed E-state index contributed by atoms with van der Waals surface area (Å²) in [5.74, 6) is 1.94. The first-order valence-electron chi connectivity index (χ1n) is 10.1. The molecule has 0 bridgehead atoms. The Morgan fingerprint density at radius 3 is 2.67 bits per heavy atom. The molecule has 160 valence electrons. The standard InChI is InChI=1S/C22H26N2O5S/c1-27-18-6-3-14(11-19(18)28-2)7-9-23-20(25)17-13-30-22(16-8-10-29-12-16)24(17)21(26)15-4-5-15/h3,6,8,10-12,15,17,22H,4-5,7,9,13H2,1-2H3,(H,23,25). The minimum absolute atomic E-state index is 0.0557. The number of ether oxygens (including phenoxy) is 2. The molecular weight excluding hydrogens is 404 g/mol. The smallest absolute Gasteiger partial charge is 0.243 e. The second-order valence-corrected chi connectivity index (χ2v) is 8.62. The van der Waals surface area contributed by atoms with Gasteiger partial charge in [-0.25, -0.2) is 0 Å². The average molecular weight is 431 g/mol. The van der Waals surface area contributed by atoms with Crippen LogP contribution in [0.1, 0.15) is 29.3 Å². The fraction of sp³-hybridized carbons (Fsp3) is 0.455. The number of thioether (sulfide) groups is 1. The second kappa shape index (κ2) is 9.04. The lowest BCUT2D eigenvalue weighted by molar-refractivity contribution is -0.140. The number of carbonyl (C=O) groups excluding carboxylic acids is 2. The largest absolute Gasteiger partial charge is 0.493 e. The van der Waals surface area contributed by atoms with E-state index in [4.69, 9.17) is 13.9 Å². The van der Waals surface area contributed by atoms with E-state index < -0.39 is 6.04 Å². The highest BCUT2D eigenvalue weighted by Gasteiger charge is 2.46. The monoisotopic (exact) mass is 430 g/mol. The fourth-order valence-electron chi connectivity index (χ4n) is 3.67. The van der Waals surface area contributed by atoms with Crippen molar-refractivity contribution in [3.05, 3.63) is 47.9 Å². The Kier molecular flexibility index (Phi) is 6.22. The summed E-state index contributed by atoms with van der Waals surface area (Å²) in [4.78, 5) is 27.6. The number of amides is 2. The lowest BCUT2D eigenvalue weighted by Crippen LogP contribution is -2.48. The van der Waals surface area contributed by atoms with Gasteiger partial charge in [0.2, 0.25) is 11.8 Å². The summed E-state index contributed by atoms with van der Waals surface area (Å²) < 4.78 is 15.8. The Hall–Kier alpha value is -2.61. The highest BCUT2D eigenvalue weighted by molar-refractivity contribution is 7.99. The third-order valence-electron chi connectivity index (χ3n) is 5.47. The number of furan rings is 1. The minimum Gasteiger partial charge on any atom is -0.493 e. The Labute approximate surface area is 180 Å². The van der Waals surface area contributed by atoms with Gasteiger partial charge in [0.1, 0.15) is 11.4 Å². The number of benzene rings is 1. The van der Waals surface area contributed by atoms with E-state index >= 15 is 0 Å². The van der Waals surface area contributed by atoms with Crippen LogP contribution in [0.5, 0.6) is 11.5 Å². The van der Waals surface area contributed by atoms with E-state index in [0.29, 0.717) is 30.2 Å². The lowest BCUT2D eigenvalue weighted by atomic mass is 10.1. The van der Waals surface area contributed by atoms with Crippen molar-refractivity contribution in [3.63, 3.8) is 0 Å². The van der Waals surface area contributed by atoms with Crippen molar-refractivity contribution in [2.24, 2.45) is 5.92 Å². The zero-order chi connectivity index (χ0) is 21.1. The Morgan fingerprint density at radius 2 is 2.00 bits per heavy atom. The van der Waals surface area contributed by atoms with Gasteiger partial charge >= 0.3 is 0 Å². The fourth-order valence-corrected chi connectivity index (χ4v) is 5.09. The van der Waals surface area contributed by atoms with E-state index in [2.05, 4.69) is 5.32 Å². The molecule has 2 aliphatic rings. The molecule has 0 radical (unpaired) electrons. The molecule has 2 heterocycles. The van der Waals surface area contributed by atoms with Crippen LogP contribution in [0, 0.1) is 5.92 Å². The second-order valence-electron chi connectivity index (χ2n) is 7.51. The van der Waals surface area contributed by atoms with Crippen LogP contribution in [-0.4, -0.2) is 49.3 Å². The van der Waals surface area contributed by atoms with Crippen molar-refractivity contribution in [3.8, 4) is 11.5 Å². The topological polar surface area (TPSA) is 81.0 Å². The van der Waals surface area contributed by atoms with Crippen molar-refractivity contribution in [1.29, 1.82) is 0 Å². The molecule has 7 nitrogen and oxygen atoms in total. The first-order valence-corrected chi connectivity index (χ1v) is 11.1. The first-order chi connectivity index (χ1) is 14.6. The Morgan fingerprint density at radius 1 is 1.20 bits per heavy atom. The maximum atomic E-state index is 12.9. The van der Waals surface area contributed by atoms with Crippen LogP contribution >= 0.6 is 11.8 Å². The van der Waals surface area contributed by atoms with Crippen LogP contribution in [0.2, 0.25) is 0 Å². The van der Waals surface area contributed by atoms with Crippen LogP contribution < -0.4 is 14.8 Å². The number of nitrogens with zero attached hydrogens (tertiary/aromatic N) is 1. The van der Waals surface area contributed by atoms with Crippen LogP contribution in [0.15, 0.2) is 41.2 Å². The molecular formula is C22H26N2O5S. The molecule has 0 spiro atoms. The van der Waals surface area contributed by atoms with E-state index in [1.807, 2.05) is 24.3 Å². The van der Waals surface area contributed by atoms with Gasteiger partial charge in [-0.1, -0.05) is 6.07 Å². The molecule has 2 unspecified atom stereocenters. The van der Waals surface area contributed by atoms with Crippen molar-refractivity contribution >= 4 is 23.6 Å². The van der Waals surface area contributed by atoms with Gasteiger partial charge in [0.15, 0.2) is 11.5 Å². The van der Waals surface area contributed by atoms with Crippen LogP contribution in [0.3, 0.4) is 0 Å². The number of methoxy groups -OCH3 is 2. The van der Waals surface area contributed by atoms with E-state index in [1.54, 1.807) is 43.4 Å². The van der Waals surface area contributed by atoms with Gasteiger partial charge in [-0.15, -0.1) is 11.8 Å². The predicted molar refractivity (Wildman–Crippen MR) is 114 cm³/mol. The third kappa shape index (κ3) is 4.28. The molecule has 1 aromatic carbocycles. The van der Waals surface area contributed by atoms with Crippen LogP contribution in [-0.2, 0) is 16.0 Å². The molecule has 1 saturated carbocycles. The molecule has 1 N–H and O–H groups in total. The van der Waals surface area contributed by atoms with E-state index in [0.717, 1.165) is 24.0 Å². The van der Waals surface area contributed by atoms with Gasteiger partial charge in [-0.05, 0) is 43.0 Å². The molecule has 2 fully saturated rings. The summed E-state index contributed by atoms with van der Waals surface area (Å²) >= 11 is 1.61. The average Bonchev–Trinajstić information content (AvgIpc) is 3.29. The molecule has 8 heteroatoms. The molecule has 1 aromatic heterocycles. The highest BCUT2D eigenvalue weighted by Crippen LogP contribution is 2.45. The minimum atomic E-state index is -0.464. The SMILES string of the molecule is COc1ccc(CCNC(=O)C2CSC(c3ccoc3)N2C(=O)C2CC2)cc1OC. The molecule has 2 aromatic rings. The van der Waals surface area contributed by atoms with Gasteiger partial charge in [-0.2, -0.15) is 0 Å². The predicted octanol–water partition coefficient (Wildman–Crippen LogP) is 3.01. The molecule has 4 rings (SSSR count). The Bertz CT molecular complexity index is 897. The number of hydrogen-bond donors (Lipinski definition) is 1. The summed E-state index contributed by atoms with van der Waals surface area (Å²) in [6.45, 7) is 0.483. The normalized spacial score (nSPS) is 20.8. The van der Waals surface area contributed by atoms with Gasteiger partial charge in [0.05, 0.1) is 26.7 Å². The lowest BCUT2D eigenvalue weighted by Gasteiger charge is -2.28. The van der Waals surface area contributed by atoms with E-state index in [1.165, 1.54) is 0 Å². The van der Waals surface area contributed by atoms with Gasteiger partial charge in [0, 0.05) is 23.8 Å². The van der Waals surface area contributed by atoms with Crippen molar-refractivity contribution in [1.82, 2.24) is 10.2 Å². The molecule has 1 aliphatic carbocycles. The van der Waals surface area contributed by atoms with Crippen molar-refractivity contribution < 1.29 is 23.5 Å². The molecule has 2 amide bonds. The van der Waals surface area contributed by atoms with E-state index in [-0.39, 0.29) is 23.1 Å². The maximum Gasteiger partial charge on any atom is 0.243 e. The molecule has 1 saturated heterocycles. The first kappa shape index (κ1) is 20.7. The summed E-state index contributed by atoms with van der Waals surface area (Å²) in [6.07, 6.45) is 5.74. The van der Waals surface area contributed by atoms with Gasteiger partial charge < -0.3 is 24.1 Å². The number of hydrogen-bond acceptors (Lipinski definition) is 6. The quantitative estimate of drug-likeness (QED) is 0.693.